The van der Waals surface area contributed by atoms with Gasteiger partial charge in [-0.05, 0) is 30.7 Å². The second-order valence-corrected chi connectivity index (χ2v) is 4.05. The van der Waals surface area contributed by atoms with E-state index in [-0.39, 0.29) is 11.9 Å². The summed E-state index contributed by atoms with van der Waals surface area (Å²) in [6.07, 6.45) is 3.12. The highest BCUT2D eigenvalue weighted by molar-refractivity contribution is 6.04. The minimum absolute atomic E-state index is 0.256. The Morgan fingerprint density at radius 1 is 1.10 bits per heavy atom. The van der Waals surface area contributed by atoms with E-state index in [0.717, 1.165) is 5.56 Å². The number of hydrogen-bond donors (Lipinski definition) is 1. The number of hydrogen-bond acceptors (Lipinski definition) is 5. The SMILES string of the molecule is COc1cc(C)c(C(=O)Nc2ncccn2)cc1OC. The molecule has 6 nitrogen and oxygen atoms in total. The molecule has 104 valence electrons. The van der Waals surface area contributed by atoms with Crippen LogP contribution in [0.1, 0.15) is 15.9 Å². The highest BCUT2D eigenvalue weighted by Gasteiger charge is 2.15. The molecule has 1 aromatic heterocycles. The van der Waals surface area contributed by atoms with Crippen molar-refractivity contribution in [1.82, 2.24) is 9.97 Å². The van der Waals surface area contributed by atoms with E-state index in [0.29, 0.717) is 17.1 Å². The highest BCUT2D eigenvalue weighted by atomic mass is 16.5. The first-order chi connectivity index (χ1) is 9.65. The number of carbonyl (C=O) groups excluding carboxylic acids is 1. The lowest BCUT2D eigenvalue weighted by molar-refractivity contribution is 0.102. The number of aryl methyl sites for hydroxylation is 1. The van der Waals surface area contributed by atoms with Crippen LogP contribution in [-0.4, -0.2) is 30.1 Å². The zero-order valence-corrected chi connectivity index (χ0v) is 11.5. The summed E-state index contributed by atoms with van der Waals surface area (Å²) >= 11 is 0. The molecule has 0 aliphatic heterocycles. The van der Waals surface area contributed by atoms with Crippen LogP contribution in [0, 0.1) is 6.92 Å². The third kappa shape index (κ3) is 2.85. The van der Waals surface area contributed by atoms with Crippen LogP contribution in [0.4, 0.5) is 5.95 Å². The van der Waals surface area contributed by atoms with E-state index >= 15 is 0 Å². The molecule has 0 saturated heterocycles. The third-order valence-corrected chi connectivity index (χ3v) is 2.77. The molecule has 0 aliphatic rings. The molecule has 0 atom stereocenters. The van der Waals surface area contributed by atoms with Crippen molar-refractivity contribution in [1.29, 1.82) is 0 Å². The fourth-order valence-electron chi connectivity index (χ4n) is 1.76. The van der Waals surface area contributed by atoms with Crippen LogP contribution in [0.2, 0.25) is 0 Å². The van der Waals surface area contributed by atoms with E-state index in [1.165, 1.54) is 7.11 Å². The van der Waals surface area contributed by atoms with Crippen molar-refractivity contribution in [2.75, 3.05) is 19.5 Å². The van der Waals surface area contributed by atoms with Crippen LogP contribution >= 0.6 is 0 Å². The van der Waals surface area contributed by atoms with E-state index in [1.807, 2.05) is 6.92 Å². The van der Waals surface area contributed by atoms with Crippen LogP contribution in [0.25, 0.3) is 0 Å². The molecule has 1 amide bonds. The number of anilines is 1. The molecule has 0 aliphatic carbocycles. The Hall–Kier alpha value is -2.63. The molecule has 0 radical (unpaired) electrons. The van der Waals surface area contributed by atoms with Crippen LogP contribution < -0.4 is 14.8 Å². The van der Waals surface area contributed by atoms with Gasteiger partial charge in [-0.2, -0.15) is 0 Å². The molecule has 2 rings (SSSR count). The third-order valence-electron chi connectivity index (χ3n) is 2.77. The number of benzene rings is 1. The Kier molecular flexibility index (Phi) is 4.14. The number of nitrogens with one attached hydrogen (secondary N) is 1. The first-order valence-corrected chi connectivity index (χ1v) is 5.96. The van der Waals surface area contributed by atoms with Crippen molar-refractivity contribution in [2.24, 2.45) is 0 Å². The van der Waals surface area contributed by atoms with Gasteiger partial charge in [0, 0.05) is 18.0 Å². The lowest BCUT2D eigenvalue weighted by Crippen LogP contribution is -2.15. The largest absolute Gasteiger partial charge is 0.493 e. The van der Waals surface area contributed by atoms with Crippen molar-refractivity contribution in [2.45, 2.75) is 6.92 Å². The maximum Gasteiger partial charge on any atom is 0.258 e. The zero-order chi connectivity index (χ0) is 14.5. The topological polar surface area (TPSA) is 73.3 Å². The summed E-state index contributed by atoms with van der Waals surface area (Å²) in [7, 11) is 3.07. The van der Waals surface area contributed by atoms with Gasteiger partial charge in [-0.1, -0.05) is 0 Å². The number of ether oxygens (including phenoxy) is 2. The van der Waals surface area contributed by atoms with E-state index < -0.39 is 0 Å². The lowest BCUT2D eigenvalue weighted by Gasteiger charge is -2.12. The molecule has 1 aromatic carbocycles. The number of methoxy groups -OCH3 is 2. The Morgan fingerprint density at radius 3 is 2.30 bits per heavy atom. The molecule has 0 unspecified atom stereocenters. The summed E-state index contributed by atoms with van der Waals surface area (Å²) in [5.41, 5.74) is 1.26. The second kappa shape index (κ2) is 6.01. The summed E-state index contributed by atoms with van der Waals surface area (Å²) in [5.74, 6) is 1.04. The van der Waals surface area contributed by atoms with Crippen LogP contribution in [-0.2, 0) is 0 Å². The molecule has 6 heteroatoms. The van der Waals surface area contributed by atoms with Gasteiger partial charge in [0.05, 0.1) is 14.2 Å². The Labute approximate surface area is 116 Å². The van der Waals surface area contributed by atoms with E-state index in [4.69, 9.17) is 9.47 Å². The minimum atomic E-state index is -0.297. The first-order valence-electron chi connectivity index (χ1n) is 5.96. The Morgan fingerprint density at radius 2 is 1.70 bits per heavy atom. The van der Waals surface area contributed by atoms with Crippen molar-refractivity contribution >= 4 is 11.9 Å². The maximum absolute atomic E-state index is 12.2. The van der Waals surface area contributed by atoms with Gasteiger partial charge in [0.15, 0.2) is 11.5 Å². The zero-order valence-electron chi connectivity index (χ0n) is 11.5. The molecule has 2 aromatic rings. The molecule has 20 heavy (non-hydrogen) atoms. The predicted octanol–water partition coefficient (Wildman–Crippen LogP) is 2.05. The van der Waals surface area contributed by atoms with Crippen molar-refractivity contribution in [3.05, 3.63) is 41.7 Å². The quantitative estimate of drug-likeness (QED) is 0.923. The standard InChI is InChI=1S/C14H15N3O3/c1-9-7-11(19-2)12(20-3)8-10(9)13(18)17-14-15-5-4-6-16-14/h4-8H,1-3H3,(H,15,16,17,18). The molecule has 1 heterocycles. The van der Waals surface area contributed by atoms with Gasteiger partial charge in [0.1, 0.15) is 0 Å². The molecule has 1 N–H and O–H groups in total. The van der Waals surface area contributed by atoms with E-state index in [1.54, 1.807) is 37.7 Å². The van der Waals surface area contributed by atoms with Crippen LogP contribution in [0.15, 0.2) is 30.6 Å². The van der Waals surface area contributed by atoms with Gasteiger partial charge in [0.25, 0.3) is 5.91 Å². The smallest absolute Gasteiger partial charge is 0.258 e. The summed E-state index contributed by atoms with van der Waals surface area (Å²) in [6.45, 7) is 1.82. The lowest BCUT2D eigenvalue weighted by atomic mass is 10.1. The highest BCUT2D eigenvalue weighted by Crippen LogP contribution is 2.30. The predicted molar refractivity (Wildman–Crippen MR) is 74.3 cm³/mol. The Bertz CT molecular complexity index is 615. The van der Waals surface area contributed by atoms with Gasteiger partial charge in [-0.15, -0.1) is 0 Å². The average Bonchev–Trinajstić information content (AvgIpc) is 2.47. The number of rotatable bonds is 4. The fraction of sp³-hybridized carbons (Fsp3) is 0.214. The molecule has 0 spiro atoms. The summed E-state index contributed by atoms with van der Waals surface area (Å²) in [4.78, 5) is 20.1. The van der Waals surface area contributed by atoms with Crippen molar-refractivity contribution < 1.29 is 14.3 Å². The number of aromatic nitrogens is 2. The molecule has 0 fully saturated rings. The van der Waals surface area contributed by atoms with E-state index in [9.17, 15) is 4.79 Å². The fourth-order valence-corrected chi connectivity index (χ4v) is 1.76. The first kappa shape index (κ1) is 13.8. The summed E-state index contributed by atoms with van der Waals surface area (Å²) in [6, 6.07) is 5.06. The number of nitrogens with zero attached hydrogens (tertiary/aromatic N) is 2. The molecule has 0 bridgehead atoms. The minimum Gasteiger partial charge on any atom is -0.493 e. The van der Waals surface area contributed by atoms with Gasteiger partial charge in [-0.25, -0.2) is 9.97 Å². The van der Waals surface area contributed by atoms with Crippen LogP contribution in [0.5, 0.6) is 11.5 Å². The monoisotopic (exact) mass is 273 g/mol. The summed E-state index contributed by atoms with van der Waals surface area (Å²) in [5, 5.41) is 2.63. The maximum atomic E-state index is 12.2. The second-order valence-electron chi connectivity index (χ2n) is 4.05. The molecular formula is C14H15N3O3. The van der Waals surface area contributed by atoms with Gasteiger partial charge >= 0.3 is 0 Å². The number of amides is 1. The van der Waals surface area contributed by atoms with Crippen molar-refractivity contribution in [3.8, 4) is 11.5 Å². The average molecular weight is 273 g/mol. The Balaban J connectivity index is 2.30. The molecule has 0 saturated carbocycles. The van der Waals surface area contributed by atoms with Crippen molar-refractivity contribution in [3.63, 3.8) is 0 Å². The van der Waals surface area contributed by atoms with E-state index in [2.05, 4.69) is 15.3 Å². The van der Waals surface area contributed by atoms with Gasteiger partial charge in [-0.3, -0.25) is 10.1 Å². The normalized spacial score (nSPS) is 9.95. The van der Waals surface area contributed by atoms with Gasteiger partial charge < -0.3 is 9.47 Å². The van der Waals surface area contributed by atoms with Crippen LogP contribution in [0.3, 0.4) is 0 Å². The van der Waals surface area contributed by atoms with Gasteiger partial charge in [0.2, 0.25) is 5.95 Å². The summed E-state index contributed by atoms with van der Waals surface area (Å²) < 4.78 is 10.4. The molecular weight excluding hydrogens is 258 g/mol. The number of carbonyl (C=O) groups is 1.